The number of aromatic nitrogens is 1. The van der Waals surface area contributed by atoms with E-state index >= 15 is 0 Å². The quantitative estimate of drug-likeness (QED) is 0.676. The average Bonchev–Trinajstić information content (AvgIpc) is 1.96. The van der Waals surface area contributed by atoms with Crippen LogP contribution in [0.4, 0.5) is 4.39 Å². The molecule has 3 nitrogen and oxygen atoms in total. The van der Waals surface area contributed by atoms with Crippen molar-refractivity contribution >= 4 is 5.97 Å². The van der Waals surface area contributed by atoms with Gasteiger partial charge in [-0.25, -0.2) is 4.98 Å². The monoisotopic (exact) mass is 169 g/mol. The van der Waals surface area contributed by atoms with E-state index < -0.39 is 11.9 Å². The fourth-order valence-corrected chi connectivity index (χ4v) is 0.867. The second-order valence-corrected chi connectivity index (χ2v) is 2.47. The van der Waals surface area contributed by atoms with Crippen molar-refractivity contribution in [2.45, 2.75) is 13.3 Å². The molecule has 64 valence electrons. The number of carboxylic acids is 1. The van der Waals surface area contributed by atoms with Gasteiger partial charge in [0.15, 0.2) is 0 Å². The largest absolute Gasteiger partial charge is 0.481 e. The summed E-state index contributed by atoms with van der Waals surface area (Å²) in [6, 6.07) is 2.72. The number of hydrogen-bond donors (Lipinski definition) is 1. The summed E-state index contributed by atoms with van der Waals surface area (Å²) >= 11 is 0. The highest BCUT2D eigenvalue weighted by Gasteiger charge is 2.06. The minimum Gasteiger partial charge on any atom is -0.481 e. The van der Waals surface area contributed by atoms with Gasteiger partial charge in [-0.05, 0) is 18.6 Å². The van der Waals surface area contributed by atoms with Crippen LogP contribution in [0.3, 0.4) is 0 Å². The number of pyridine rings is 1. The van der Waals surface area contributed by atoms with Gasteiger partial charge in [0, 0.05) is 0 Å². The zero-order valence-electron chi connectivity index (χ0n) is 6.54. The van der Waals surface area contributed by atoms with Crippen molar-refractivity contribution in [1.82, 2.24) is 4.98 Å². The molecular formula is C8H8FNO2. The van der Waals surface area contributed by atoms with Crippen LogP contribution in [0.1, 0.15) is 11.3 Å². The second-order valence-electron chi connectivity index (χ2n) is 2.47. The van der Waals surface area contributed by atoms with Crippen molar-refractivity contribution in [3.05, 3.63) is 29.3 Å². The van der Waals surface area contributed by atoms with Crippen molar-refractivity contribution in [2.24, 2.45) is 0 Å². The lowest BCUT2D eigenvalue weighted by molar-refractivity contribution is -0.136. The Labute approximate surface area is 68.9 Å². The Hall–Kier alpha value is -1.45. The van der Waals surface area contributed by atoms with Gasteiger partial charge in [0.1, 0.15) is 0 Å². The molecule has 1 rings (SSSR count). The van der Waals surface area contributed by atoms with E-state index in [0.717, 1.165) is 0 Å². The van der Waals surface area contributed by atoms with E-state index in [4.69, 9.17) is 5.11 Å². The summed E-state index contributed by atoms with van der Waals surface area (Å²) in [6.07, 6.45) is -0.233. The molecule has 0 atom stereocenters. The molecule has 4 heteroatoms. The van der Waals surface area contributed by atoms with Crippen LogP contribution in [0.2, 0.25) is 0 Å². The van der Waals surface area contributed by atoms with Crippen molar-refractivity contribution in [3.8, 4) is 0 Å². The van der Waals surface area contributed by atoms with Crippen LogP contribution >= 0.6 is 0 Å². The van der Waals surface area contributed by atoms with Crippen LogP contribution in [0.5, 0.6) is 0 Å². The first kappa shape index (κ1) is 8.64. The maximum atomic E-state index is 12.5. The number of carbonyl (C=O) groups is 1. The van der Waals surface area contributed by atoms with E-state index in [2.05, 4.69) is 4.98 Å². The highest BCUT2D eigenvalue weighted by atomic mass is 19.1. The third-order valence-electron chi connectivity index (χ3n) is 1.49. The van der Waals surface area contributed by atoms with Crippen LogP contribution in [0, 0.1) is 12.9 Å². The number of aryl methyl sites for hydroxylation is 1. The second kappa shape index (κ2) is 3.30. The van der Waals surface area contributed by atoms with E-state index in [1.54, 1.807) is 6.92 Å². The molecule has 0 amide bonds. The Bertz CT molecular complexity index is 312. The topological polar surface area (TPSA) is 50.2 Å². The van der Waals surface area contributed by atoms with Crippen LogP contribution < -0.4 is 0 Å². The Kier molecular flexibility index (Phi) is 2.38. The first-order chi connectivity index (χ1) is 5.59. The van der Waals surface area contributed by atoms with Gasteiger partial charge in [-0.2, -0.15) is 4.39 Å². The molecule has 1 N–H and O–H groups in total. The fraction of sp³-hybridized carbons (Fsp3) is 0.250. The molecule has 0 aliphatic rings. The zero-order chi connectivity index (χ0) is 9.14. The van der Waals surface area contributed by atoms with Crippen molar-refractivity contribution < 1.29 is 14.3 Å². The van der Waals surface area contributed by atoms with Gasteiger partial charge in [0.05, 0.1) is 12.1 Å². The predicted molar refractivity (Wildman–Crippen MR) is 40.3 cm³/mol. The average molecular weight is 169 g/mol. The van der Waals surface area contributed by atoms with Gasteiger partial charge >= 0.3 is 5.97 Å². The number of halogens is 1. The summed E-state index contributed by atoms with van der Waals surface area (Å²) in [7, 11) is 0. The normalized spacial score (nSPS) is 9.83. The summed E-state index contributed by atoms with van der Waals surface area (Å²) in [6.45, 7) is 1.70. The molecule has 0 saturated heterocycles. The Morgan fingerprint density at radius 3 is 2.92 bits per heavy atom. The van der Waals surface area contributed by atoms with E-state index in [0.29, 0.717) is 5.56 Å². The number of nitrogens with zero attached hydrogens (tertiary/aromatic N) is 1. The first-order valence-electron chi connectivity index (χ1n) is 3.43. The molecule has 0 fully saturated rings. The van der Waals surface area contributed by atoms with Gasteiger partial charge in [-0.1, -0.05) is 6.07 Å². The maximum absolute atomic E-state index is 12.5. The SMILES string of the molecule is Cc1ccc(F)nc1CC(=O)O. The molecule has 1 aromatic rings. The number of carboxylic acid groups (broad SMARTS) is 1. The number of aliphatic carboxylic acids is 1. The molecule has 0 aliphatic carbocycles. The first-order valence-corrected chi connectivity index (χ1v) is 3.43. The standard InChI is InChI=1S/C8H8FNO2/c1-5-2-3-7(9)10-6(5)4-8(11)12/h2-3H,4H2,1H3,(H,11,12). The van der Waals surface area contributed by atoms with Crippen LogP contribution in [0.15, 0.2) is 12.1 Å². The van der Waals surface area contributed by atoms with Gasteiger partial charge in [0.25, 0.3) is 0 Å². The molecule has 0 spiro atoms. The molecule has 0 aromatic carbocycles. The van der Waals surface area contributed by atoms with Crippen molar-refractivity contribution in [1.29, 1.82) is 0 Å². The highest BCUT2D eigenvalue weighted by Crippen LogP contribution is 2.06. The maximum Gasteiger partial charge on any atom is 0.309 e. The van der Waals surface area contributed by atoms with E-state index in [1.165, 1.54) is 12.1 Å². The summed E-state index contributed by atoms with van der Waals surface area (Å²) in [4.78, 5) is 13.7. The fourth-order valence-electron chi connectivity index (χ4n) is 0.867. The molecule has 0 radical (unpaired) electrons. The molecule has 0 unspecified atom stereocenters. The number of hydrogen-bond acceptors (Lipinski definition) is 2. The third kappa shape index (κ3) is 2.02. The Morgan fingerprint density at radius 2 is 2.33 bits per heavy atom. The Morgan fingerprint density at radius 1 is 1.67 bits per heavy atom. The van der Waals surface area contributed by atoms with Crippen molar-refractivity contribution in [3.63, 3.8) is 0 Å². The van der Waals surface area contributed by atoms with Gasteiger partial charge in [0.2, 0.25) is 5.95 Å². The van der Waals surface area contributed by atoms with Gasteiger partial charge in [-0.15, -0.1) is 0 Å². The summed E-state index contributed by atoms with van der Waals surface area (Å²) in [5, 5.41) is 8.42. The molecule has 0 bridgehead atoms. The minimum atomic E-state index is -1.00. The lowest BCUT2D eigenvalue weighted by atomic mass is 10.2. The predicted octanol–water partition coefficient (Wildman–Crippen LogP) is 1.16. The molecule has 1 heterocycles. The molecule has 1 aromatic heterocycles. The van der Waals surface area contributed by atoms with E-state index in [1.807, 2.05) is 0 Å². The lowest BCUT2D eigenvalue weighted by Crippen LogP contribution is -2.05. The van der Waals surface area contributed by atoms with Crippen LogP contribution in [0.25, 0.3) is 0 Å². The molecule has 12 heavy (non-hydrogen) atoms. The summed E-state index contributed by atoms with van der Waals surface area (Å²) < 4.78 is 12.5. The van der Waals surface area contributed by atoms with E-state index in [9.17, 15) is 9.18 Å². The van der Waals surface area contributed by atoms with Crippen molar-refractivity contribution in [2.75, 3.05) is 0 Å². The van der Waals surface area contributed by atoms with E-state index in [-0.39, 0.29) is 12.1 Å². The number of rotatable bonds is 2. The zero-order valence-corrected chi connectivity index (χ0v) is 6.54. The summed E-state index contributed by atoms with van der Waals surface area (Å²) in [5.74, 6) is -1.65. The highest BCUT2D eigenvalue weighted by molar-refractivity contribution is 5.69. The molecule has 0 saturated carbocycles. The lowest BCUT2D eigenvalue weighted by Gasteiger charge is -2.00. The third-order valence-corrected chi connectivity index (χ3v) is 1.49. The van der Waals surface area contributed by atoms with Gasteiger partial charge < -0.3 is 5.11 Å². The Balaban J connectivity index is 2.97. The van der Waals surface area contributed by atoms with Gasteiger partial charge in [-0.3, -0.25) is 4.79 Å². The smallest absolute Gasteiger partial charge is 0.309 e. The molecular weight excluding hydrogens is 161 g/mol. The van der Waals surface area contributed by atoms with Crippen LogP contribution in [-0.2, 0) is 11.2 Å². The minimum absolute atomic E-state index is 0.233. The summed E-state index contributed by atoms with van der Waals surface area (Å²) in [5.41, 5.74) is 0.973. The molecule has 0 aliphatic heterocycles. The van der Waals surface area contributed by atoms with Crippen LogP contribution in [-0.4, -0.2) is 16.1 Å².